The van der Waals surface area contributed by atoms with E-state index in [1.807, 2.05) is 6.92 Å². The number of primary sulfonamides is 1. The fourth-order valence-electron chi connectivity index (χ4n) is 2.15. The van der Waals surface area contributed by atoms with Crippen molar-refractivity contribution < 1.29 is 13.2 Å². The van der Waals surface area contributed by atoms with Crippen LogP contribution in [0.1, 0.15) is 23.7 Å². The molecule has 0 aromatic heterocycles. The van der Waals surface area contributed by atoms with Crippen molar-refractivity contribution in [3.63, 3.8) is 0 Å². The van der Waals surface area contributed by atoms with Crippen molar-refractivity contribution >= 4 is 15.9 Å². The Bertz CT molecular complexity index is 635. The molecule has 1 aliphatic heterocycles. The molecule has 0 saturated heterocycles. The molecule has 0 saturated carbocycles. The number of carbonyl (C=O) groups excluding carboxylic acids is 1. The van der Waals surface area contributed by atoms with Crippen LogP contribution in [0.2, 0.25) is 0 Å². The molecule has 1 heterocycles. The average Bonchev–Trinajstić information content (AvgIpc) is 2.37. The van der Waals surface area contributed by atoms with Gasteiger partial charge in [-0.2, -0.15) is 0 Å². The van der Waals surface area contributed by atoms with Gasteiger partial charge in [-0.25, -0.2) is 13.6 Å². The van der Waals surface area contributed by atoms with Crippen LogP contribution >= 0.6 is 0 Å². The monoisotopic (exact) mass is 280 g/mol. The van der Waals surface area contributed by atoms with Crippen LogP contribution in [-0.4, -0.2) is 32.3 Å². The molecule has 2 N–H and O–H groups in total. The largest absolute Gasteiger partial charge is 0.334 e. The molecule has 0 radical (unpaired) electrons. The summed E-state index contributed by atoms with van der Waals surface area (Å²) in [5, 5.41) is 5.14. The molecule has 0 atom stereocenters. The topological polar surface area (TPSA) is 80.5 Å². The zero-order valence-electron chi connectivity index (χ0n) is 10.7. The van der Waals surface area contributed by atoms with Gasteiger partial charge in [0.25, 0.3) is 5.91 Å². The van der Waals surface area contributed by atoms with Gasteiger partial charge >= 0.3 is 0 Å². The van der Waals surface area contributed by atoms with E-state index in [1.54, 1.807) is 17.0 Å². The summed E-state index contributed by atoms with van der Waals surface area (Å²) >= 11 is 0. The van der Waals surface area contributed by atoms with Gasteiger partial charge in [0.15, 0.2) is 0 Å². The van der Waals surface area contributed by atoms with Crippen LogP contribution in [0.4, 0.5) is 0 Å². The molecule has 0 bridgehead atoms. The van der Waals surface area contributed by atoms with Crippen LogP contribution in [0.3, 0.4) is 0 Å². The minimum absolute atomic E-state index is 0.118. The lowest BCUT2D eigenvalue weighted by atomic mass is 10.1. The molecule has 0 aliphatic carbocycles. The van der Waals surface area contributed by atoms with E-state index < -0.39 is 10.0 Å². The average molecular weight is 280 g/mol. The fourth-order valence-corrected chi connectivity index (χ4v) is 2.88. The number of carbonyl (C=O) groups is 1. The van der Waals surface area contributed by atoms with Crippen molar-refractivity contribution in [2.24, 2.45) is 5.14 Å². The number of hydrogen-bond acceptors (Lipinski definition) is 3. The maximum Gasteiger partial charge on any atom is 0.255 e. The van der Waals surface area contributed by atoms with Gasteiger partial charge in [0.1, 0.15) is 0 Å². The Balaban J connectivity index is 2.38. The van der Waals surface area contributed by atoms with E-state index in [0.29, 0.717) is 13.1 Å². The van der Waals surface area contributed by atoms with E-state index in [4.69, 9.17) is 5.14 Å². The van der Waals surface area contributed by atoms with Gasteiger partial charge < -0.3 is 4.90 Å². The minimum atomic E-state index is -3.89. The molecular weight excluding hydrogens is 264 g/mol. The van der Waals surface area contributed by atoms with Crippen molar-refractivity contribution in [3.8, 4) is 0 Å². The van der Waals surface area contributed by atoms with E-state index in [-0.39, 0.29) is 16.4 Å². The summed E-state index contributed by atoms with van der Waals surface area (Å²) in [5.41, 5.74) is 1.24. The smallest absolute Gasteiger partial charge is 0.255 e. The molecule has 19 heavy (non-hydrogen) atoms. The predicted molar refractivity (Wildman–Crippen MR) is 72.1 cm³/mol. The Morgan fingerprint density at radius 3 is 2.63 bits per heavy atom. The van der Waals surface area contributed by atoms with Gasteiger partial charge in [0.05, 0.1) is 10.5 Å². The Kier molecular flexibility index (Phi) is 3.73. The second-order valence-corrected chi connectivity index (χ2v) is 6.14. The van der Waals surface area contributed by atoms with E-state index in [1.165, 1.54) is 12.1 Å². The van der Waals surface area contributed by atoms with E-state index in [0.717, 1.165) is 12.0 Å². The Labute approximate surface area is 112 Å². The highest BCUT2D eigenvalue weighted by Gasteiger charge is 2.24. The molecule has 1 aromatic rings. The van der Waals surface area contributed by atoms with Crippen molar-refractivity contribution in [1.29, 1.82) is 0 Å². The number of sulfonamides is 1. The quantitative estimate of drug-likeness (QED) is 0.824. The first-order valence-corrected chi connectivity index (χ1v) is 7.51. The van der Waals surface area contributed by atoms with Crippen molar-refractivity contribution in [2.45, 2.75) is 18.2 Å². The summed E-state index contributed by atoms with van der Waals surface area (Å²) in [4.78, 5) is 13.9. The Morgan fingerprint density at radius 1 is 1.32 bits per heavy atom. The molecule has 2 rings (SSSR count). The number of nitrogens with two attached hydrogens (primary N) is 1. The Morgan fingerprint density at radius 2 is 2.00 bits per heavy atom. The van der Waals surface area contributed by atoms with Crippen molar-refractivity contribution in [1.82, 2.24) is 4.90 Å². The van der Waals surface area contributed by atoms with Gasteiger partial charge in [-0.1, -0.05) is 23.8 Å². The third-order valence-electron chi connectivity index (χ3n) is 3.04. The van der Waals surface area contributed by atoms with E-state index in [2.05, 4.69) is 6.08 Å². The number of nitrogens with zero attached hydrogens (tertiary/aromatic N) is 1. The number of rotatable bonds is 2. The summed E-state index contributed by atoms with van der Waals surface area (Å²) in [7, 11) is -3.89. The molecule has 5 nitrogen and oxygen atoms in total. The van der Waals surface area contributed by atoms with Gasteiger partial charge in [-0.3, -0.25) is 4.79 Å². The maximum absolute atomic E-state index is 12.4. The minimum Gasteiger partial charge on any atom is -0.334 e. The SMILES string of the molecule is CC1=CCCN(C(=O)c2ccccc2S(N)(=O)=O)C1. The van der Waals surface area contributed by atoms with E-state index in [9.17, 15) is 13.2 Å². The van der Waals surface area contributed by atoms with Crippen LogP contribution in [0.5, 0.6) is 0 Å². The summed E-state index contributed by atoms with van der Waals surface area (Å²) in [5.74, 6) is -0.294. The lowest BCUT2D eigenvalue weighted by Gasteiger charge is -2.26. The molecule has 1 amide bonds. The zero-order chi connectivity index (χ0) is 14.0. The lowest BCUT2D eigenvalue weighted by Crippen LogP contribution is -2.36. The number of benzene rings is 1. The van der Waals surface area contributed by atoms with Crippen LogP contribution < -0.4 is 5.14 Å². The molecule has 1 aliphatic rings. The number of amides is 1. The fraction of sp³-hybridized carbons (Fsp3) is 0.308. The lowest BCUT2D eigenvalue weighted by molar-refractivity contribution is 0.0762. The highest BCUT2D eigenvalue weighted by molar-refractivity contribution is 7.89. The summed E-state index contributed by atoms with van der Waals surface area (Å²) < 4.78 is 23.0. The van der Waals surface area contributed by atoms with Crippen LogP contribution in [0, 0.1) is 0 Å². The van der Waals surface area contributed by atoms with E-state index >= 15 is 0 Å². The molecule has 1 aromatic carbocycles. The zero-order valence-corrected chi connectivity index (χ0v) is 11.5. The molecule has 102 valence electrons. The summed E-state index contributed by atoms with van der Waals surface area (Å²) in [6.45, 7) is 3.07. The van der Waals surface area contributed by atoms with Gasteiger partial charge in [0, 0.05) is 13.1 Å². The molecular formula is C13H16N2O3S. The molecule has 0 spiro atoms. The van der Waals surface area contributed by atoms with Crippen molar-refractivity contribution in [3.05, 3.63) is 41.5 Å². The first kappa shape index (κ1) is 13.8. The first-order valence-electron chi connectivity index (χ1n) is 5.96. The predicted octanol–water partition coefficient (Wildman–Crippen LogP) is 1.13. The van der Waals surface area contributed by atoms with Crippen LogP contribution in [-0.2, 0) is 10.0 Å². The van der Waals surface area contributed by atoms with Crippen molar-refractivity contribution in [2.75, 3.05) is 13.1 Å². The standard InChI is InChI=1S/C13H16N2O3S/c1-10-5-4-8-15(9-10)13(16)11-6-2-3-7-12(11)19(14,17)18/h2-3,5-7H,4,8-9H2,1H3,(H2,14,17,18). The third-order valence-corrected chi connectivity index (χ3v) is 4.01. The highest BCUT2D eigenvalue weighted by Crippen LogP contribution is 2.18. The Hall–Kier alpha value is -1.66. The third kappa shape index (κ3) is 3.02. The normalized spacial score (nSPS) is 16.1. The molecule has 6 heteroatoms. The maximum atomic E-state index is 12.4. The highest BCUT2D eigenvalue weighted by atomic mass is 32.2. The summed E-state index contributed by atoms with van der Waals surface area (Å²) in [6.07, 6.45) is 2.87. The van der Waals surface area contributed by atoms with Gasteiger partial charge in [-0.15, -0.1) is 0 Å². The van der Waals surface area contributed by atoms with Crippen LogP contribution in [0.15, 0.2) is 40.8 Å². The van der Waals surface area contributed by atoms with Gasteiger partial charge in [0.2, 0.25) is 10.0 Å². The van der Waals surface area contributed by atoms with Crippen LogP contribution in [0.25, 0.3) is 0 Å². The van der Waals surface area contributed by atoms with Gasteiger partial charge in [-0.05, 0) is 25.5 Å². The second kappa shape index (κ2) is 5.14. The number of hydrogen-bond donors (Lipinski definition) is 1. The second-order valence-electron chi connectivity index (χ2n) is 4.61. The molecule has 0 unspecified atom stereocenters. The molecule has 0 fully saturated rings. The first-order chi connectivity index (χ1) is 8.89. The summed E-state index contributed by atoms with van der Waals surface area (Å²) in [6, 6.07) is 6.04.